The lowest BCUT2D eigenvalue weighted by Gasteiger charge is -1.99. The van der Waals surface area contributed by atoms with Crippen LogP contribution in [0.5, 0.6) is 0 Å². The Labute approximate surface area is 104 Å². The lowest BCUT2D eigenvalue weighted by Crippen LogP contribution is -2.02. The van der Waals surface area contributed by atoms with Crippen molar-refractivity contribution in [3.8, 4) is 0 Å². The molecule has 2 rings (SSSR count). The maximum Gasteiger partial charge on any atom is 0.358 e. The summed E-state index contributed by atoms with van der Waals surface area (Å²) in [6.07, 6.45) is 5.57. The fraction of sp³-hybridized carbons (Fsp3) is 0. The van der Waals surface area contributed by atoms with Crippen LogP contribution in [-0.2, 0) is 14.4 Å². The van der Waals surface area contributed by atoms with Crippen molar-refractivity contribution >= 4 is 16.3 Å². The van der Waals surface area contributed by atoms with Crippen molar-refractivity contribution < 1.29 is 12.7 Å². The van der Waals surface area contributed by atoms with E-state index >= 15 is 0 Å². The summed E-state index contributed by atoms with van der Waals surface area (Å²) in [6, 6.07) is 7.76. The van der Waals surface area contributed by atoms with Crippen LogP contribution in [0.2, 0.25) is 0 Å². The molecule has 0 spiro atoms. The molecule has 0 unspecified atom stereocenters. The predicted molar refractivity (Wildman–Crippen MR) is 64.3 cm³/mol. The summed E-state index contributed by atoms with van der Waals surface area (Å²) >= 11 is 0. The van der Waals surface area contributed by atoms with Crippen molar-refractivity contribution in [3.05, 3.63) is 54.6 Å². The van der Waals surface area contributed by atoms with Crippen molar-refractivity contribution in [1.82, 2.24) is 9.97 Å². The minimum Gasteiger partial charge on any atom is -0.265 e. The molecule has 0 fully saturated rings. The smallest absolute Gasteiger partial charge is 0.265 e. The van der Waals surface area contributed by atoms with E-state index in [9.17, 15) is 8.42 Å². The molecule has 18 heavy (non-hydrogen) atoms. The fourth-order valence-corrected chi connectivity index (χ4v) is 1.87. The number of hydrogen-bond donors (Lipinski definition) is 0. The Morgan fingerprint density at radius 3 is 2.61 bits per heavy atom. The fourth-order valence-electron chi connectivity index (χ4n) is 1.14. The minimum absolute atomic E-state index is 0.0429. The molecule has 1 heterocycles. The molecule has 0 amide bonds. The largest absolute Gasteiger partial charge is 0.358 e. The third-order valence-electron chi connectivity index (χ3n) is 1.94. The zero-order chi connectivity index (χ0) is 12.8. The van der Waals surface area contributed by atoms with Gasteiger partial charge < -0.3 is 0 Å². The van der Waals surface area contributed by atoms with Crippen molar-refractivity contribution in [3.63, 3.8) is 0 Å². The van der Waals surface area contributed by atoms with Gasteiger partial charge in [-0.25, -0.2) is 0 Å². The van der Waals surface area contributed by atoms with Crippen LogP contribution in [-0.4, -0.2) is 24.6 Å². The molecule has 7 heteroatoms. The van der Waals surface area contributed by atoms with Crippen LogP contribution in [0.15, 0.2) is 59.0 Å². The zero-order valence-electron chi connectivity index (χ0n) is 9.17. The van der Waals surface area contributed by atoms with Crippen LogP contribution in [0.4, 0.5) is 0 Å². The third-order valence-corrected chi connectivity index (χ3v) is 3.07. The van der Waals surface area contributed by atoms with E-state index in [1.165, 1.54) is 36.9 Å². The second kappa shape index (κ2) is 5.37. The highest BCUT2D eigenvalue weighted by Crippen LogP contribution is 2.11. The first-order chi connectivity index (χ1) is 8.68. The molecular weight excluding hydrogens is 254 g/mol. The molecule has 2 aromatic rings. The number of oxime groups is 1. The van der Waals surface area contributed by atoms with Gasteiger partial charge in [0.05, 0.1) is 12.4 Å². The van der Waals surface area contributed by atoms with Crippen LogP contribution in [0.3, 0.4) is 0 Å². The zero-order valence-corrected chi connectivity index (χ0v) is 9.99. The van der Waals surface area contributed by atoms with Crippen LogP contribution in [0.25, 0.3) is 0 Å². The number of nitrogens with zero attached hydrogens (tertiary/aromatic N) is 3. The average Bonchev–Trinajstić information content (AvgIpc) is 2.41. The first-order valence-electron chi connectivity index (χ1n) is 4.96. The molecule has 0 aliphatic heterocycles. The van der Waals surface area contributed by atoms with Gasteiger partial charge in [-0.3, -0.25) is 14.3 Å². The van der Waals surface area contributed by atoms with Crippen LogP contribution in [0, 0.1) is 0 Å². The Kier molecular flexibility index (Phi) is 3.63. The Hall–Kier alpha value is -2.28. The summed E-state index contributed by atoms with van der Waals surface area (Å²) in [4.78, 5) is 7.73. The number of rotatable bonds is 4. The van der Waals surface area contributed by atoms with Gasteiger partial charge in [-0.05, 0) is 12.1 Å². The standard InChI is InChI=1S/C11H9N3O3S/c15-18(16,11-4-2-1-3-5-11)17-14-9-10-8-12-6-7-13-10/h1-9H/b14-9+. The van der Waals surface area contributed by atoms with Gasteiger partial charge in [-0.2, -0.15) is 8.42 Å². The van der Waals surface area contributed by atoms with E-state index in [2.05, 4.69) is 19.4 Å². The van der Waals surface area contributed by atoms with Gasteiger partial charge in [0.1, 0.15) is 10.6 Å². The Morgan fingerprint density at radius 1 is 1.17 bits per heavy atom. The summed E-state index contributed by atoms with van der Waals surface area (Å²) in [5.74, 6) is 0. The van der Waals surface area contributed by atoms with Gasteiger partial charge in [0.2, 0.25) is 0 Å². The maximum atomic E-state index is 11.7. The van der Waals surface area contributed by atoms with Gasteiger partial charge in [0.25, 0.3) is 0 Å². The third kappa shape index (κ3) is 3.11. The van der Waals surface area contributed by atoms with E-state index in [1.807, 2.05) is 0 Å². The molecule has 1 aromatic heterocycles. The second-order valence-electron chi connectivity index (χ2n) is 3.21. The van der Waals surface area contributed by atoms with E-state index in [1.54, 1.807) is 18.2 Å². The molecule has 92 valence electrons. The van der Waals surface area contributed by atoms with Gasteiger partial charge >= 0.3 is 10.1 Å². The summed E-state index contributed by atoms with van der Waals surface area (Å²) in [5, 5.41) is 3.37. The van der Waals surface area contributed by atoms with Crippen LogP contribution < -0.4 is 0 Å². The molecule has 0 N–H and O–H groups in total. The summed E-state index contributed by atoms with van der Waals surface area (Å²) in [5.41, 5.74) is 0.403. The summed E-state index contributed by atoms with van der Waals surface area (Å²) < 4.78 is 27.8. The van der Waals surface area contributed by atoms with E-state index in [4.69, 9.17) is 0 Å². The molecule has 0 bridgehead atoms. The highest BCUT2D eigenvalue weighted by Gasteiger charge is 2.14. The molecule has 1 aromatic carbocycles. The maximum absolute atomic E-state index is 11.7. The first kappa shape index (κ1) is 12.2. The monoisotopic (exact) mass is 263 g/mol. The topological polar surface area (TPSA) is 81.5 Å². The number of benzene rings is 1. The van der Waals surface area contributed by atoms with Crippen molar-refractivity contribution in [2.45, 2.75) is 4.90 Å². The Bertz CT molecular complexity index is 627. The normalized spacial score (nSPS) is 11.6. The van der Waals surface area contributed by atoms with Crippen LogP contribution in [0.1, 0.15) is 5.69 Å². The van der Waals surface area contributed by atoms with Crippen molar-refractivity contribution in [2.75, 3.05) is 0 Å². The molecule has 0 saturated heterocycles. The van der Waals surface area contributed by atoms with E-state index in [0.717, 1.165) is 0 Å². The minimum atomic E-state index is -3.88. The quantitative estimate of drug-likeness (QED) is 0.612. The Balaban J connectivity index is 2.09. The van der Waals surface area contributed by atoms with E-state index < -0.39 is 10.1 Å². The van der Waals surface area contributed by atoms with E-state index in [-0.39, 0.29) is 4.90 Å². The number of aromatic nitrogens is 2. The molecule has 0 aliphatic carbocycles. The Morgan fingerprint density at radius 2 is 1.94 bits per heavy atom. The molecule has 0 radical (unpaired) electrons. The lowest BCUT2D eigenvalue weighted by atomic mass is 10.4. The average molecular weight is 263 g/mol. The van der Waals surface area contributed by atoms with Gasteiger partial charge in [0, 0.05) is 12.4 Å². The van der Waals surface area contributed by atoms with Gasteiger partial charge in [-0.1, -0.05) is 23.4 Å². The SMILES string of the molecule is O=S(=O)(O/N=C/c1cnccn1)c1ccccc1. The highest BCUT2D eigenvalue weighted by molar-refractivity contribution is 7.86. The predicted octanol–water partition coefficient (Wildman–Crippen LogP) is 1.22. The summed E-state index contributed by atoms with van der Waals surface area (Å²) in [6.45, 7) is 0. The second-order valence-corrected chi connectivity index (χ2v) is 4.74. The number of hydrogen-bond acceptors (Lipinski definition) is 6. The molecular formula is C11H9N3O3S. The molecule has 6 nitrogen and oxygen atoms in total. The van der Waals surface area contributed by atoms with Gasteiger partial charge in [0.15, 0.2) is 0 Å². The van der Waals surface area contributed by atoms with Crippen LogP contribution >= 0.6 is 0 Å². The highest BCUT2D eigenvalue weighted by atomic mass is 32.2. The summed E-state index contributed by atoms with van der Waals surface area (Å²) in [7, 11) is -3.88. The molecule has 0 saturated carbocycles. The first-order valence-corrected chi connectivity index (χ1v) is 6.37. The van der Waals surface area contributed by atoms with Gasteiger partial charge in [-0.15, -0.1) is 0 Å². The molecule has 0 atom stereocenters. The van der Waals surface area contributed by atoms with Crippen molar-refractivity contribution in [1.29, 1.82) is 0 Å². The van der Waals surface area contributed by atoms with E-state index in [0.29, 0.717) is 5.69 Å². The lowest BCUT2D eigenvalue weighted by molar-refractivity contribution is 0.341. The molecule has 0 aliphatic rings. The van der Waals surface area contributed by atoms with Crippen molar-refractivity contribution in [2.24, 2.45) is 5.16 Å².